The third-order valence-electron chi connectivity index (χ3n) is 4.37. The van der Waals surface area contributed by atoms with E-state index >= 15 is 0 Å². The van der Waals surface area contributed by atoms with Gasteiger partial charge in [0.1, 0.15) is 0 Å². The molecule has 1 saturated heterocycles. The second-order valence-corrected chi connectivity index (χ2v) is 6.32. The van der Waals surface area contributed by atoms with Crippen LogP contribution in [0.4, 0.5) is 0 Å². The summed E-state index contributed by atoms with van der Waals surface area (Å²) in [5, 5.41) is 13.3. The fourth-order valence-corrected chi connectivity index (χ4v) is 3.23. The van der Waals surface area contributed by atoms with E-state index in [2.05, 4.69) is 12.2 Å². The zero-order chi connectivity index (χ0) is 14.0. The molecule has 5 heteroatoms. The molecule has 2 aliphatic rings. The topological polar surface area (TPSA) is 69.6 Å². The molecule has 0 aromatic rings. The largest absolute Gasteiger partial charge is 0.388 e. The van der Waals surface area contributed by atoms with E-state index in [0.29, 0.717) is 19.0 Å². The first-order valence-electron chi connectivity index (χ1n) is 7.14. The highest BCUT2D eigenvalue weighted by atomic mass is 16.3. The Labute approximate surface area is 114 Å². The molecule has 1 aliphatic heterocycles. The first-order valence-corrected chi connectivity index (χ1v) is 7.14. The van der Waals surface area contributed by atoms with E-state index in [0.717, 1.165) is 25.7 Å². The molecule has 0 radical (unpaired) electrons. The van der Waals surface area contributed by atoms with Gasteiger partial charge in [0.05, 0.1) is 11.5 Å². The highest BCUT2D eigenvalue weighted by molar-refractivity contribution is 5.89. The van der Waals surface area contributed by atoms with Crippen LogP contribution < -0.4 is 5.32 Å². The number of hydrogen-bond donors (Lipinski definition) is 2. The van der Waals surface area contributed by atoms with Gasteiger partial charge in [-0.2, -0.15) is 0 Å². The smallest absolute Gasteiger partial charge is 0.225 e. The molecule has 2 rings (SSSR count). The standard InChI is InChI=1S/C14H24N2O3/c1-10-4-3-5-14(19,7-10)9-15-13(18)11-6-12(17)16(2)8-11/h10-11,19H,3-9H2,1-2H3,(H,15,18). The average Bonchev–Trinajstić information content (AvgIpc) is 2.67. The molecule has 0 spiro atoms. The van der Waals surface area contributed by atoms with E-state index in [4.69, 9.17) is 0 Å². The van der Waals surface area contributed by atoms with Gasteiger partial charge in [0, 0.05) is 26.6 Å². The van der Waals surface area contributed by atoms with Gasteiger partial charge in [0.25, 0.3) is 0 Å². The minimum Gasteiger partial charge on any atom is -0.388 e. The SMILES string of the molecule is CC1CCCC(O)(CNC(=O)C2CC(=O)N(C)C2)C1. The van der Waals surface area contributed by atoms with Crippen molar-refractivity contribution in [2.24, 2.45) is 11.8 Å². The molecule has 0 bridgehead atoms. The first kappa shape index (κ1) is 14.3. The summed E-state index contributed by atoms with van der Waals surface area (Å²) in [6.07, 6.45) is 3.95. The Bertz CT molecular complexity index is 372. The average molecular weight is 268 g/mol. The summed E-state index contributed by atoms with van der Waals surface area (Å²) in [6.45, 7) is 2.93. The van der Waals surface area contributed by atoms with Crippen LogP contribution >= 0.6 is 0 Å². The summed E-state index contributed by atoms with van der Waals surface area (Å²) in [4.78, 5) is 25.0. The molecule has 0 aromatic heterocycles. The highest BCUT2D eigenvalue weighted by Crippen LogP contribution is 2.31. The Hall–Kier alpha value is -1.10. The second-order valence-electron chi connectivity index (χ2n) is 6.32. The van der Waals surface area contributed by atoms with Gasteiger partial charge in [-0.25, -0.2) is 0 Å². The molecule has 2 amide bonds. The molecule has 2 N–H and O–H groups in total. The maximum absolute atomic E-state index is 12.0. The number of nitrogens with zero attached hydrogens (tertiary/aromatic N) is 1. The molecule has 1 heterocycles. The van der Waals surface area contributed by atoms with Crippen LogP contribution in [0.3, 0.4) is 0 Å². The van der Waals surface area contributed by atoms with Gasteiger partial charge in [-0.3, -0.25) is 9.59 Å². The lowest BCUT2D eigenvalue weighted by Crippen LogP contribution is -2.47. The molecular weight excluding hydrogens is 244 g/mol. The maximum Gasteiger partial charge on any atom is 0.225 e. The molecule has 1 aliphatic carbocycles. The monoisotopic (exact) mass is 268 g/mol. The molecule has 2 fully saturated rings. The number of aliphatic hydroxyl groups is 1. The number of hydrogen-bond acceptors (Lipinski definition) is 3. The lowest BCUT2D eigenvalue weighted by molar-refractivity contribution is -0.129. The van der Waals surface area contributed by atoms with Crippen LogP contribution in [0.2, 0.25) is 0 Å². The van der Waals surface area contributed by atoms with Gasteiger partial charge in [0.15, 0.2) is 0 Å². The van der Waals surface area contributed by atoms with Crippen molar-refractivity contribution in [2.45, 2.75) is 44.6 Å². The maximum atomic E-state index is 12.0. The van der Waals surface area contributed by atoms with Crippen molar-refractivity contribution in [2.75, 3.05) is 20.1 Å². The molecular formula is C14H24N2O3. The number of carbonyl (C=O) groups is 2. The van der Waals surface area contributed by atoms with Crippen molar-refractivity contribution in [3.8, 4) is 0 Å². The van der Waals surface area contributed by atoms with Crippen molar-refractivity contribution >= 4 is 11.8 Å². The summed E-state index contributed by atoms with van der Waals surface area (Å²) in [7, 11) is 1.71. The molecule has 3 atom stereocenters. The zero-order valence-corrected chi connectivity index (χ0v) is 11.8. The predicted molar refractivity (Wildman–Crippen MR) is 71.3 cm³/mol. The van der Waals surface area contributed by atoms with Gasteiger partial charge < -0.3 is 15.3 Å². The quantitative estimate of drug-likeness (QED) is 0.784. The Morgan fingerprint density at radius 2 is 2.32 bits per heavy atom. The van der Waals surface area contributed by atoms with Crippen molar-refractivity contribution in [3.05, 3.63) is 0 Å². The Morgan fingerprint density at radius 3 is 2.89 bits per heavy atom. The predicted octanol–water partition coefficient (Wildman–Crippen LogP) is 0.522. The van der Waals surface area contributed by atoms with Gasteiger partial charge >= 0.3 is 0 Å². The highest BCUT2D eigenvalue weighted by Gasteiger charge is 2.36. The third kappa shape index (κ3) is 3.47. The van der Waals surface area contributed by atoms with Crippen molar-refractivity contribution in [1.29, 1.82) is 0 Å². The van der Waals surface area contributed by atoms with E-state index in [9.17, 15) is 14.7 Å². The minimum atomic E-state index is -0.762. The van der Waals surface area contributed by atoms with Crippen LogP contribution in [0, 0.1) is 11.8 Å². The lowest BCUT2D eigenvalue weighted by Gasteiger charge is -2.35. The molecule has 5 nitrogen and oxygen atoms in total. The van der Waals surface area contributed by atoms with E-state index in [1.54, 1.807) is 11.9 Å². The number of carbonyl (C=O) groups excluding carboxylic acids is 2. The van der Waals surface area contributed by atoms with Crippen LogP contribution in [0.25, 0.3) is 0 Å². The van der Waals surface area contributed by atoms with Gasteiger partial charge in [-0.05, 0) is 18.8 Å². The zero-order valence-electron chi connectivity index (χ0n) is 11.8. The van der Waals surface area contributed by atoms with E-state index in [1.165, 1.54) is 0 Å². The number of nitrogens with one attached hydrogen (secondary N) is 1. The number of rotatable bonds is 3. The first-order chi connectivity index (χ1) is 8.89. The van der Waals surface area contributed by atoms with Crippen LogP contribution in [0.5, 0.6) is 0 Å². The molecule has 3 unspecified atom stereocenters. The lowest BCUT2D eigenvalue weighted by atomic mass is 9.79. The number of amides is 2. The Kier molecular flexibility index (Phi) is 4.13. The third-order valence-corrected chi connectivity index (χ3v) is 4.37. The van der Waals surface area contributed by atoms with Gasteiger partial charge in [-0.15, -0.1) is 0 Å². The van der Waals surface area contributed by atoms with Crippen molar-refractivity contribution < 1.29 is 14.7 Å². The van der Waals surface area contributed by atoms with Gasteiger partial charge in [0.2, 0.25) is 11.8 Å². The Balaban J connectivity index is 1.82. The Morgan fingerprint density at radius 1 is 1.58 bits per heavy atom. The molecule has 19 heavy (non-hydrogen) atoms. The van der Waals surface area contributed by atoms with E-state index in [-0.39, 0.29) is 24.2 Å². The fraction of sp³-hybridized carbons (Fsp3) is 0.857. The normalized spacial score (nSPS) is 35.5. The van der Waals surface area contributed by atoms with Crippen LogP contribution in [-0.2, 0) is 9.59 Å². The van der Waals surface area contributed by atoms with Crippen molar-refractivity contribution in [3.63, 3.8) is 0 Å². The second kappa shape index (κ2) is 5.49. The molecule has 108 valence electrons. The molecule has 0 aromatic carbocycles. The van der Waals surface area contributed by atoms with Gasteiger partial charge in [-0.1, -0.05) is 19.8 Å². The van der Waals surface area contributed by atoms with E-state index in [1.807, 2.05) is 0 Å². The number of likely N-dealkylation sites (tertiary alicyclic amines) is 1. The van der Waals surface area contributed by atoms with Crippen LogP contribution in [0.15, 0.2) is 0 Å². The minimum absolute atomic E-state index is 0.0187. The summed E-state index contributed by atoms with van der Waals surface area (Å²) >= 11 is 0. The molecule has 1 saturated carbocycles. The van der Waals surface area contributed by atoms with Crippen LogP contribution in [0.1, 0.15) is 39.0 Å². The summed E-state index contributed by atoms with van der Waals surface area (Å²) in [5.41, 5.74) is -0.762. The van der Waals surface area contributed by atoms with Crippen LogP contribution in [-0.4, -0.2) is 47.6 Å². The summed E-state index contributed by atoms with van der Waals surface area (Å²) in [6, 6.07) is 0. The summed E-state index contributed by atoms with van der Waals surface area (Å²) < 4.78 is 0. The van der Waals surface area contributed by atoms with Crippen molar-refractivity contribution in [1.82, 2.24) is 10.2 Å². The summed E-state index contributed by atoms with van der Waals surface area (Å²) in [5.74, 6) is 0.159. The van der Waals surface area contributed by atoms with E-state index < -0.39 is 5.60 Å². The fourth-order valence-electron chi connectivity index (χ4n) is 3.23.